The van der Waals surface area contributed by atoms with Gasteiger partial charge in [0.25, 0.3) is 5.91 Å². The maximum Gasteiger partial charge on any atom is 0.387 e. The standard InChI is InChI=1S/C22H19F2N3O3S/c23-22(24)30-18-8-4-3-7-17(18)26-19(28)12-31-20-11-15(21(29)25-13-9-10-13)14-5-1-2-6-16(14)27-20/h1-8,11,13,22H,9-10,12H2,(H,25,29)(H,26,28). The van der Waals surface area contributed by atoms with Gasteiger partial charge in [0.2, 0.25) is 5.91 Å². The van der Waals surface area contributed by atoms with Gasteiger partial charge in [0, 0.05) is 11.4 Å². The zero-order chi connectivity index (χ0) is 21.8. The molecule has 1 aliphatic rings. The van der Waals surface area contributed by atoms with E-state index in [0.29, 0.717) is 16.1 Å². The lowest BCUT2D eigenvalue weighted by molar-refractivity contribution is -0.113. The fourth-order valence-corrected chi connectivity index (χ4v) is 3.71. The largest absolute Gasteiger partial charge is 0.433 e. The number of amides is 2. The fourth-order valence-electron chi connectivity index (χ4n) is 3.00. The highest BCUT2D eigenvalue weighted by Crippen LogP contribution is 2.28. The lowest BCUT2D eigenvalue weighted by Crippen LogP contribution is -2.25. The van der Waals surface area contributed by atoms with Crippen molar-refractivity contribution in [2.45, 2.75) is 30.5 Å². The number of nitrogens with one attached hydrogen (secondary N) is 2. The number of rotatable bonds is 8. The molecule has 2 aromatic carbocycles. The number of ether oxygens (including phenoxy) is 1. The number of pyridine rings is 1. The van der Waals surface area contributed by atoms with E-state index < -0.39 is 12.5 Å². The van der Waals surface area contributed by atoms with Crippen LogP contribution in [0.1, 0.15) is 23.2 Å². The highest BCUT2D eigenvalue weighted by molar-refractivity contribution is 7.99. The number of aromatic nitrogens is 1. The maximum absolute atomic E-state index is 12.7. The number of para-hydroxylation sites is 3. The summed E-state index contributed by atoms with van der Waals surface area (Å²) in [4.78, 5) is 29.6. The maximum atomic E-state index is 12.7. The molecule has 0 unspecified atom stereocenters. The Kier molecular flexibility index (Phi) is 6.31. The van der Waals surface area contributed by atoms with Crippen LogP contribution >= 0.6 is 11.8 Å². The third kappa shape index (κ3) is 5.49. The summed E-state index contributed by atoms with van der Waals surface area (Å²) in [6, 6.07) is 15.2. The number of anilines is 1. The minimum absolute atomic E-state index is 0.0158. The second kappa shape index (κ2) is 9.30. The fraction of sp³-hybridized carbons (Fsp3) is 0.227. The summed E-state index contributed by atoms with van der Waals surface area (Å²) in [7, 11) is 0. The van der Waals surface area contributed by atoms with Gasteiger partial charge in [0.05, 0.1) is 27.5 Å². The molecule has 6 nitrogen and oxygen atoms in total. The van der Waals surface area contributed by atoms with E-state index in [1.165, 1.54) is 18.2 Å². The van der Waals surface area contributed by atoms with Crippen molar-refractivity contribution in [1.29, 1.82) is 0 Å². The second-order valence-corrected chi connectivity index (χ2v) is 7.98. The Hall–Kier alpha value is -3.20. The van der Waals surface area contributed by atoms with Gasteiger partial charge in [-0.15, -0.1) is 0 Å². The van der Waals surface area contributed by atoms with Gasteiger partial charge in [0.1, 0.15) is 5.75 Å². The lowest BCUT2D eigenvalue weighted by Gasteiger charge is -2.12. The van der Waals surface area contributed by atoms with Crippen LogP contribution in [0.3, 0.4) is 0 Å². The Morgan fingerprint density at radius 3 is 2.65 bits per heavy atom. The molecule has 1 fully saturated rings. The molecule has 0 radical (unpaired) electrons. The van der Waals surface area contributed by atoms with Gasteiger partial charge in [-0.05, 0) is 37.1 Å². The van der Waals surface area contributed by atoms with Crippen molar-refractivity contribution in [2.75, 3.05) is 11.1 Å². The van der Waals surface area contributed by atoms with Gasteiger partial charge in [0.15, 0.2) is 0 Å². The van der Waals surface area contributed by atoms with Crippen LogP contribution in [0.4, 0.5) is 14.5 Å². The lowest BCUT2D eigenvalue weighted by atomic mass is 10.1. The molecule has 0 atom stereocenters. The number of thioether (sulfide) groups is 1. The predicted octanol–water partition coefficient (Wildman–Crippen LogP) is 4.46. The molecule has 9 heteroatoms. The average molecular weight is 443 g/mol. The van der Waals surface area contributed by atoms with E-state index in [-0.39, 0.29) is 29.1 Å². The summed E-state index contributed by atoms with van der Waals surface area (Å²) in [6.07, 6.45) is 1.96. The van der Waals surface area contributed by atoms with Crippen LogP contribution in [0.15, 0.2) is 59.6 Å². The molecule has 4 rings (SSSR count). The van der Waals surface area contributed by atoms with E-state index in [2.05, 4.69) is 20.4 Å². The molecule has 0 saturated heterocycles. The van der Waals surface area contributed by atoms with Gasteiger partial charge in [-0.25, -0.2) is 4.98 Å². The number of benzene rings is 2. The van der Waals surface area contributed by atoms with Crippen LogP contribution in [0.25, 0.3) is 10.9 Å². The minimum Gasteiger partial charge on any atom is -0.433 e. The number of fused-ring (bicyclic) bond motifs is 1. The molecule has 0 bridgehead atoms. The summed E-state index contributed by atoms with van der Waals surface area (Å²) in [5.74, 6) is -0.698. The zero-order valence-electron chi connectivity index (χ0n) is 16.3. The van der Waals surface area contributed by atoms with E-state index in [0.717, 1.165) is 30.0 Å². The molecule has 0 spiro atoms. The monoisotopic (exact) mass is 443 g/mol. The topological polar surface area (TPSA) is 80.3 Å². The molecule has 2 N–H and O–H groups in total. The minimum atomic E-state index is -2.99. The van der Waals surface area contributed by atoms with Crippen LogP contribution in [-0.4, -0.2) is 35.2 Å². The quantitative estimate of drug-likeness (QED) is 0.503. The van der Waals surface area contributed by atoms with Crippen LogP contribution in [-0.2, 0) is 4.79 Å². The van der Waals surface area contributed by atoms with E-state index in [4.69, 9.17) is 0 Å². The van der Waals surface area contributed by atoms with Crippen molar-refractivity contribution in [3.63, 3.8) is 0 Å². The summed E-state index contributed by atoms with van der Waals surface area (Å²) in [5.41, 5.74) is 1.32. The van der Waals surface area contributed by atoms with Crippen molar-refractivity contribution in [3.05, 3.63) is 60.2 Å². The van der Waals surface area contributed by atoms with Crippen LogP contribution in [0.5, 0.6) is 5.75 Å². The highest BCUT2D eigenvalue weighted by Gasteiger charge is 2.25. The average Bonchev–Trinajstić information content (AvgIpc) is 3.56. The van der Waals surface area contributed by atoms with Crippen molar-refractivity contribution in [2.24, 2.45) is 0 Å². The van der Waals surface area contributed by atoms with Crippen molar-refractivity contribution >= 4 is 40.2 Å². The number of nitrogens with zero attached hydrogens (tertiary/aromatic N) is 1. The Morgan fingerprint density at radius 2 is 1.87 bits per heavy atom. The van der Waals surface area contributed by atoms with Crippen LogP contribution < -0.4 is 15.4 Å². The predicted molar refractivity (Wildman–Crippen MR) is 115 cm³/mol. The number of alkyl halides is 2. The smallest absolute Gasteiger partial charge is 0.387 e. The Balaban J connectivity index is 1.47. The first-order valence-electron chi connectivity index (χ1n) is 9.67. The molecule has 1 saturated carbocycles. The highest BCUT2D eigenvalue weighted by atomic mass is 32.2. The summed E-state index contributed by atoms with van der Waals surface area (Å²) in [6.45, 7) is -2.99. The number of hydrogen-bond acceptors (Lipinski definition) is 5. The van der Waals surface area contributed by atoms with Gasteiger partial charge in [-0.1, -0.05) is 42.1 Å². The Bertz CT molecular complexity index is 1120. The first-order valence-corrected chi connectivity index (χ1v) is 10.7. The third-order valence-electron chi connectivity index (χ3n) is 4.58. The van der Waals surface area contributed by atoms with Crippen molar-refractivity contribution in [3.8, 4) is 5.75 Å². The van der Waals surface area contributed by atoms with Crippen LogP contribution in [0, 0.1) is 0 Å². The Morgan fingerprint density at radius 1 is 1.13 bits per heavy atom. The molecule has 2 amide bonds. The third-order valence-corrected chi connectivity index (χ3v) is 5.49. The first kappa shape index (κ1) is 21.0. The molecule has 1 aromatic heterocycles. The van der Waals surface area contributed by atoms with Gasteiger partial charge >= 0.3 is 6.61 Å². The second-order valence-electron chi connectivity index (χ2n) is 6.98. The molecule has 1 aliphatic carbocycles. The molecule has 31 heavy (non-hydrogen) atoms. The normalized spacial score (nSPS) is 13.3. The van der Waals surface area contributed by atoms with Crippen molar-refractivity contribution < 1.29 is 23.1 Å². The zero-order valence-corrected chi connectivity index (χ0v) is 17.1. The summed E-state index contributed by atoms with van der Waals surface area (Å²) < 4.78 is 29.5. The molecule has 1 heterocycles. The number of halogens is 2. The summed E-state index contributed by atoms with van der Waals surface area (Å²) in [5, 5.41) is 6.81. The van der Waals surface area contributed by atoms with Gasteiger partial charge in [-0.3, -0.25) is 9.59 Å². The van der Waals surface area contributed by atoms with E-state index in [9.17, 15) is 18.4 Å². The van der Waals surface area contributed by atoms with Gasteiger partial charge in [-0.2, -0.15) is 8.78 Å². The number of hydrogen-bond donors (Lipinski definition) is 2. The Labute approximate surface area is 181 Å². The van der Waals surface area contributed by atoms with E-state index in [1.807, 2.05) is 24.3 Å². The van der Waals surface area contributed by atoms with E-state index in [1.54, 1.807) is 12.1 Å². The molecule has 0 aliphatic heterocycles. The van der Waals surface area contributed by atoms with Crippen LogP contribution in [0.2, 0.25) is 0 Å². The first-order chi connectivity index (χ1) is 15.0. The van der Waals surface area contributed by atoms with E-state index >= 15 is 0 Å². The molecular formula is C22H19F2N3O3S. The van der Waals surface area contributed by atoms with Crippen molar-refractivity contribution in [1.82, 2.24) is 10.3 Å². The number of carbonyl (C=O) groups excluding carboxylic acids is 2. The molecule has 160 valence electrons. The molecular weight excluding hydrogens is 424 g/mol. The molecule has 3 aromatic rings. The summed E-state index contributed by atoms with van der Waals surface area (Å²) >= 11 is 1.16. The van der Waals surface area contributed by atoms with Gasteiger partial charge < -0.3 is 15.4 Å². The SMILES string of the molecule is O=C(CSc1cc(C(=O)NC2CC2)c2ccccc2n1)Nc1ccccc1OC(F)F. The number of carbonyl (C=O) groups is 2.